The lowest BCUT2D eigenvalue weighted by Crippen LogP contribution is -2.36. The molecule has 2 aromatic rings. The third-order valence-electron chi connectivity index (χ3n) is 3.49. The second-order valence-corrected chi connectivity index (χ2v) is 6.35. The van der Waals surface area contributed by atoms with Crippen molar-refractivity contribution >= 4 is 17.5 Å². The van der Waals surface area contributed by atoms with Gasteiger partial charge in [0.1, 0.15) is 0 Å². The Balaban J connectivity index is 2.06. The minimum Gasteiger partial charge on any atom is -0.348 e. The van der Waals surface area contributed by atoms with Crippen molar-refractivity contribution in [3.05, 3.63) is 64.4 Å². The van der Waals surface area contributed by atoms with Gasteiger partial charge in [0.05, 0.1) is 12.5 Å². The van der Waals surface area contributed by atoms with Gasteiger partial charge in [0.25, 0.3) is 0 Å². The quantitative estimate of drug-likeness (QED) is 0.885. The van der Waals surface area contributed by atoms with Gasteiger partial charge in [-0.2, -0.15) is 0 Å². The summed E-state index contributed by atoms with van der Waals surface area (Å²) < 4.78 is 0. The molecule has 23 heavy (non-hydrogen) atoms. The monoisotopic (exact) mass is 331 g/mol. The van der Waals surface area contributed by atoms with Gasteiger partial charge in [0.2, 0.25) is 5.91 Å². The van der Waals surface area contributed by atoms with E-state index in [-0.39, 0.29) is 11.9 Å². The first-order valence-electron chi connectivity index (χ1n) is 7.55. The fraction of sp³-hybridized carbons (Fsp3) is 0.333. The van der Waals surface area contributed by atoms with E-state index in [1.165, 1.54) is 0 Å². The summed E-state index contributed by atoms with van der Waals surface area (Å²) in [6, 6.07) is 11.4. The molecule has 5 heteroatoms. The number of nitrogens with zero attached hydrogens (tertiary/aromatic N) is 2. The number of aryl methyl sites for hydroxylation is 1. The smallest absolute Gasteiger partial charge is 0.225 e. The number of amides is 1. The molecule has 0 bridgehead atoms. The third-order valence-corrected chi connectivity index (χ3v) is 3.74. The summed E-state index contributed by atoms with van der Waals surface area (Å²) >= 11 is 5.94. The van der Waals surface area contributed by atoms with Crippen LogP contribution in [-0.2, 0) is 11.2 Å². The summed E-state index contributed by atoms with van der Waals surface area (Å²) in [5.74, 6) is -0.0162. The minimum absolute atomic E-state index is 0.0162. The first-order chi connectivity index (χ1) is 10.9. The molecule has 122 valence electrons. The third kappa shape index (κ3) is 5.66. The summed E-state index contributed by atoms with van der Waals surface area (Å²) in [6.07, 6.45) is 2.07. The van der Waals surface area contributed by atoms with Gasteiger partial charge in [0.15, 0.2) is 0 Å². The lowest BCUT2D eigenvalue weighted by Gasteiger charge is -2.23. The van der Waals surface area contributed by atoms with Crippen LogP contribution in [0.4, 0.5) is 0 Å². The lowest BCUT2D eigenvalue weighted by atomic mass is 10.1. The van der Waals surface area contributed by atoms with E-state index < -0.39 is 0 Å². The van der Waals surface area contributed by atoms with Crippen LogP contribution >= 0.6 is 11.6 Å². The standard InChI is InChI=1S/C18H22ClN3O/c1-13-4-5-14(11-20-13)10-18(23)21-17(12-22(2)3)15-6-8-16(19)9-7-15/h4-9,11,17H,10,12H2,1-3H3,(H,21,23)/t17-/m1/s1. The van der Waals surface area contributed by atoms with Crippen LogP contribution in [0.25, 0.3) is 0 Å². The van der Waals surface area contributed by atoms with Crippen LogP contribution in [-0.4, -0.2) is 36.4 Å². The fourth-order valence-corrected chi connectivity index (χ4v) is 2.45. The van der Waals surface area contributed by atoms with Gasteiger partial charge in [-0.3, -0.25) is 9.78 Å². The van der Waals surface area contributed by atoms with Crippen LogP contribution in [0.2, 0.25) is 5.02 Å². The maximum Gasteiger partial charge on any atom is 0.225 e. The van der Waals surface area contributed by atoms with Crippen molar-refractivity contribution in [2.75, 3.05) is 20.6 Å². The zero-order valence-electron chi connectivity index (χ0n) is 13.7. The molecule has 4 nitrogen and oxygen atoms in total. The Labute approximate surface area is 142 Å². The predicted molar refractivity (Wildman–Crippen MR) is 93.6 cm³/mol. The van der Waals surface area contributed by atoms with Crippen molar-refractivity contribution in [2.24, 2.45) is 0 Å². The molecule has 0 saturated carbocycles. The fourth-order valence-electron chi connectivity index (χ4n) is 2.33. The molecular formula is C18H22ClN3O. The first-order valence-corrected chi connectivity index (χ1v) is 7.93. The predicted octanol–water partition coefficient (Wildman–Crippen LogP) is 3.01. The summed E-state index contributed by atoms with van der Waals surface area (Å²) in [5, 5.41) is 3.79. The van der Waals surface area contributed by atoms with Crippen LogP contribution in [0.5, 0.6) is 0 Å². The topological polar surface area (TPSA) is 45.2 Å². The zero-order chi connectivity index (χ0) is 16.8. The van der Waals surface area contributed by atoms with Crippen molar-refractivity contribution in [3.63, 3.8) is 0 Å². The average molecular weight is 332 g/mol. The number of hydrogen-bond acceptors (Lipinski definition) is 3. The molecule has 1 atom stereocenters. The summed E-state index contributed by atoms with van der Waals surface area (Å²) in [6.45, 7) is 2.65. The molecule has 0 fully saturated rings. The summed E-state index contributed by atoms with van der Waals surface area (Å²) in [4.78, 5) is 18.6. The normalized spacial score (nSPS) is 12.2. The van der Waals surface area contributed by atoms with Gasteiger partial charge < -0.3 is 10.2 Å². The number of halogens is 1. The molecule has 0 aliphatic carbocycles. The largest absolute Gasteiger partial charge is 0.348 e. The van der Waals surface area contributed by atoms with Gasteiger partial charge in [-0.15, -0.1) is 0 Å². The molecule has 1 aromatic heterocycles. The van der Waals surface area contributed by atoms with Crippen LogP contribution in [0, 0.1) is 6.92 Å². The average Bonchev–Trinajstić information content (AvgIpc) is 2.49. The molecule has 1 N–H and O–H groups in total. The molecule has 0 unspecified atom stereocenters. The Morgan fingerprint density at radius 2 is 1.91 bits per heavy atom. The maximum atomic E-state index is 12.3. The highest BCUT2D eigenvalue weighted by atomic mass is 35.5. The zero-order valence-corrected chi connectivity index (χ0v) is 14.5. The van der Waals surface area contributed by atoms with Crippen LogP contribution in [0.1, 0.15) is 22.9 Å². The Morgan fingerprint density at radius 3 is 2.48 bits per heavy atom. The van der Waals surface area contributed by atoms with E-state index in [1.807, 2.05) is 62.3 Å². The highest BCUT2D eigenvalue weighted by Gasteiger charge is 2.16. The summed E-state index contributed by atoms with van der Waals surface area (Å²) in [7, 11) is 3.97. The van der Waals surface area contributed by atoms with Crippen molar-refractivity contribution in [2.45, 2.75) is 19.4 Å². The van der Waals surface area contributed by atoms with Crippen LogP contribution in [0.15, 0.2) is 42.6 Å². The first kappa shape index (κ1) is 17.4. The van der Waals surface area contributed by atoms with E-state index in [0.29, 0.717) is 11.4 Å². The molecule has 2 rings (SSSR count). The number of pyridine rings is 1. The number of nitrogens with one attached hydrogen (secondary N) is 1. The van der Waals surface area contributed by atoms with Gasteiger partial charge in [-0.25, -0.2) is 0 Å². The maximum absolute atomic E-state index is 12.3. The molecule has 1 amide bonds. The Hall–Kier alpha value is -1.91. The highest BCUT2D eigenvalue weighted by molar-refractivity contribution is 6.30. The molecule has 0 radical (unpaired) electrons. The summed E-state index contributed by atoms with van der Waals surface area (Å²) in [5.41, 5.74) is 2.90. The molecule has 0 aliphatic rings. The second kappa shape index (κ2) is 8.09. The number of hydrogen-bond donors (Lipinski definition) is 1. The van der Waals surface area contributed by atoms with Gasteiger partial charge >= 0.3 is 0 Å². The molecule has 0 saturated heterocycles. The highest BCUT2D eigenvalue weighted by Crippen LogP contribution is 2.17. The van der Waals surface area contributed by atoms with Crippen molar-refractivity contribution in [1.29, 1.82) is 0 Å². The van der Waals surface area contributed by atoms with Gasteiger partial charge in [-0.05, 0) is 50.3 Å². The molecule has 1 heterocycles. The van der Waals surface area contributed by atoms with E-state index >= 15 is 0 Å². The van der Waals surface area contributed by atoms with Crippen molar-refractivity contribution in [1.82, 2.24) is 15.2 Å². The van der Waals surface area contributed by atoms with E-state index in [0.717, 1.165) is 23.4 Å². The number of benzene rings is 1. The van der Waals surface area contributed by atoms with Crippen LogP contribution in [0.3, 0.4) is 0 Å². The van der Waals surface area contributed by atoms with Crippen LogP contribution < -0.4 is 5.32 Å². The van der Waals surface area contributed by atoms with Gasteiger partial charge in [-0.1, -0.05) is 29.8 Å². The number of carbonyl (C=O) groups is 1. The molecule has 1 aromatic carbocycles. The molecular weight excluding hydrogens is 310 g/mol. The molecule has 0 spiro atoms. The van der Waals surface area contributed by atoms with Crippen molar-refractivity contribution in [3.8, 4) is 0 Å². The Bertz CT molecular complexity index is 638. The van der Waals surface area contributed by atoms with E-state index in [4.69, 9.17) is 11.6 Å². The molecule has 0 aliphatic heterocycles. The number of aromatic nitrogens is 1. The lowest BCUT2D eigenvalue weighted by molar-refractivity contribution is -0.121. The van der Waals surface area contributed by atoms with E-state index in [1.54, 1.807) is 6.20 Å². The second-order valence-electron chi connectivity index (χ2n) is 5.92. The minimum atomic E-state index is -0.0758. The Morgan fingerprint density at radius 1 is 1.22 bits per heavy atom. The number of likely N-dealkylation sites (N-methyl/N-ethyl adjacent to an activating group) is 1. The Kier molecular flexibility index (Phi) is 6.13. The van der Waals surface area contributed by atoms with Gasteiger partial charge in [0, 0.05) is 23.5 Å². The number of rotatable bonds is 6. The van der Waals surface area contributed by atoms with E-state index in [2.05, 4.69) is 10.3 Å². The van der Waals surface area contributed by atoms with E-state index in [9.17, 15) is 4.79 Å². The van der Waals surface area contributed by atoms with Crippen molar-refractivity contribution < 1.29 is 4.79 Å². The number of carbonyl (C=O) groups excluding carboxylic acids is 1. The SMILES string of the molecule is Cc1ccc(CC(=O)N[C@H](CN(C)C)c2ccc(Cl)cc2)cn1.